The van der Waals surface area contributed by atoms with E-state index in [-0.39, 0.29) is 64.7 Å². The molecule has 0 aromatic heterocycles. The van der Waals surface area contributed by atoms with Crippen LogP contribution in [0.5, 0.6) is 11.5 Å². The number of nitrogens with two attached hydrogens (primary N) is 1. The number of para-hydroxylation sites is 1. The van der Waals surface area contributed by atoms with Gasteiger partial charge in [-0.3, -0.25) is 30.8 Å². The van der Waals surface area contributed by atoms with Crippen LogP contribution < -0.4 is 36.1 Å². The summed E-state index contributed by atoms with van der Waals surface area (Å²) < 4.78 is 18.0. The summed E-state index contributed by atoms with van der Waals surface area (Å²) in [6.45, 7) is -1.01. The van der Waals surface area contributed by atoms with Gasteiger partial charge in [-0.25, -0.2) is 0 Å². The van der Waals surface area contributed by atoms with Crippen molar-refractivity contribution in [2.75, 3.05) is 24.8 Å². The second kappa shape index (κ2) is 14.9. The molecule has 3 fully saturated rings. The Hall–Kier alpha value is -4.82. The monoisotopic (exact) mass is 733 g/mol. The van der Waals surface area contributed by atoms with E-state index in [9.17, 15) is 44.7 Å². The minimum absolute atomic E-state index is 0.0152. The van der Waals surface area contributed by atoms with Crippen molar-refractivity contribution in [1.29, 1.82) is 0 Å². The van der Waals surface area contributed by atoms with Gasteiger partial charge in [0.15, 0.2) is 23.1 Å². The fraction of sp³-hybridized carbons (Fsp3) is 0.389. The largest absolute Gasteiger partial charge is 0.486 e. The molecule has 1 amide bonds. The van der Waals surface area contributed by atoms with Crippen LogP contribution in [-0.4, -0.2) is 124 Å². The van der Waals surface area contributed by atoms with Gasteiger partial charge in [0.25, 0.3) is 0 Å². The first-order valence-corrected chi connectivity index (χ1v) is 17.0. The first kappa shape index (κ1) is 36.5. The zero-order chi connectivity index (χ0) is 37.6. The van der Waals surface area contributed by atoms with Crippen LogP contribution >= 0.6 is 0 Å². The predicted molar refractivity (Wildman–Crippen MR) is 183 cm³/mol. The molecule has 4 aliphatic rings. The van der Waals surface area contributed by atoms with Crippen LogP contribution in [0.4, 0.5) is 5.69 Å². The molecule has 0 bridgehead atoms. The van der Waals surface area contributed by atoms with E-state index in [4.69, 9.17) is 19.9 Å². The van der Waals surface area contributed by atoms with Gasteiger partial charge >= 0.3 is 0 Å². The molecule has 3 heterocycles. The van der Waals surface area contributed by atoms with Crippen molar-refractivity contribution in [3.8, 4) is 11.5 Å². The third-order valence-corrected chi connectivity index (χ3v) is 9.82. The lowest BCUT2D eigenvalue weighted by Crippen LogP contribution is -2.70. The molecule has 7 rings (SSSR count). The number of rotatable bonds is 11. The fourth-order valence-electron chi connectivity index (χ4n) is 7.15. The molecule has 3 aromatic carbocycles. The Labute approximate surface area is 302 Å². The van der Waals surface area contributed by atoms with E-state index in [1.54, 1.807) is 30.3 Å². The van der Waals surface area contributed by atoms with Gasteiger partial charge in [0, 0.05) is 40.8 Å². The van der Waals surface area contributed by atoms with Crippen molar-refractivity contribution in [1.82, 2.24) is 16.0 Å². The summed E-state index contributed by atoms with van der Waals surface area (Å²) in [6, 6.07) is 14.3. The van der Waals surface area contributed by atoms with E-state index in [1.807, 2.05) is 11.0 Å². The number of hydrogen-bond donors (Lipinski definition) is 9. The molecule has 9 atom stereocenters. The zero-order valence-electron chi connectivity index (χ0n) is 28.1. The van der Waals surface area contributed by atoms with Crippen LogP contribution in [0.1, 0.15) is 49.4 Å². The molecule has 280 valence electrons. The number of amides is 1. The second-order valence-corrected chi connectivity index (χ2v) is 13.2. The molecule has 17 heteroatoms. The Morgan fingerprint density at radius 1 is 0.943 bits per heavy atom. The Morgan fingerprint density at radius 2 is 1.66 bits per heavy atom. The Bertz CT molecular complexity index is 1930. The number of carbonyl (C=O) groups excluding carboxylic acids is 4. The predicted octanol–water partition coefficient (Wildman–Crippen LogP) is -2.42. The topological polar surface area (TPSA) is 262 Å². The number of carbonyl (C=O) groups is 4. The molecular weight excluding hydrogens is 694 g/mol. The summed E-state index contributed by atoms with van der Waals surface area (Å²) in [5, 5.41) is 61.4. The van der Waals surface area contributed by atoms with Gasteiger partial charge in [-0.15, -0.1) is 0 Å². The van der Waals surface area contributed by atoms with Gasteiger partial charge < -0.3 is 54.8 Å². The van der Waals surface area contributed by atoms with E-state index in [0.29, 0.717) is 17.5 Å². The number of fused-ring (bicyclic) bond motifs is 3. The summed E-state index contributed by atoms with van der Waals surface area (Å²) in [5.41, 5.74) is 7.58. The van der Waals surface area contributed by atoms with E-state index in [0.717, 1.165) is 0 Å². The van der Waals surface area contributed by atoms with Crippen LogP contribution in [0.15, 0.2) is 54.6 Å². The lowest BCUT2D eigenvalue weighted by atomic mass is 9.81. The molecule has 3 aromatic rings. The van der Waals surface area contributed by atoms with E-state index in [1.165, 1.54) is 18.2 Å². The van der Waals surface area contributed by atoms with Crippen LogP contribution in [0.3, 0.4) is 0 Å². The minimum atomic E-state index is -1.86. The summed E-state index contributed by atoms with van der Waals surface area (Å²) in [6.07, 6.45) is -11.0. The van der Waals surface area contributed by atoms with E-state index >= 15 is 0 Å². The minimum Gasteiger partial charge on any atom is -0.486 e. The molecule has 17 nitrogen and oxygen atoms in total. The Kier molecular flexibility index (Phi) is 10.3. The maximum absolute atomic E-state index is 14.2. The van der Waals surface area contributed by atoms with E-state index in [2.05, 4.69) is 16.0 Å². The third-order valence-electron chi connectivity index (χ3n) is 9.82. The highest BCUT2D eigenvalue weighted by atomic mass is 16.7. The quantitative estimate of drug-likeness (QED) is 0.0727. The molecule has 10 N–H and O–H groups in total. The number of benzene rings is 3. The molecular formula is C36H39N5O12. The lowest BCUT2D eigenvalue weighted by Gasteiger charge is -2.40. The third kappa shape index (κ3) is 6.67. The number of aldehydes is 1. The number of hydrogen-bond acceptors (Lipinski definition) is 16. The van der Waals surface area contributed by atoms with Gasteiger partial charge in [-0.2, -0.15) is 0 Å². The van der Waals surface area contributed by atoms with Gasteiger partial charge in [0.05, 0.1) is 24.9 Å². The molecule has 3 saturated heterocycles. The highest BCUT2D eigenvalue weighted by Gasteiger charge is 2.47. The molecule has 0 spiro atoms. The molecule has 3 aliphatic heterocycles. The first-order chi connectivity index (χ1) is 25.5. The highest BCUT2D eigenvalue weighted by molar-refractivity contribution is 6.29. The van der Waals surface area contributed by atoms with Gasteiger partial charge in [-0.05, 0) is 17.7 Å². The van der Waals surface area contributed by atoms with Crippen molar-refractivity contribution >= 4 is 29.4 Å². The van der Waals surface area contributed by atoms with Gasteiger partial charge in [0.2, 0.25) is 12.2 Å². The summed E-state index contributed by atoms with van der Waals surface area (Å²) in [4.78, 5) is 54.1. The average molecular weight is 734 g/mol. The molecule has 0 radical (unpaired) electrons. The van der Waals surface area contributed by atoms with Crippen LogP contribution in [0.2, 0.25) is 0 Å². The van der Waals surface area contributed by atoms with Crippen molar-refractivity contribution in [3.63, 3.8) is 0 Å². The van der Waals surface area contributed by atoms with Crippen molar-refractivity contribution in [3.05, 3.63) is 88.0 Å². The second-order valence-electron chi connectivity index (χ2n) is 13.2. The summed E-state index contributed by atoms with van der Waals surface area (Å²) in [7, 11) is 0. The van der Waals surface area contributed by atoms with Gasteiger partial charge in [-0.1, -0.05) is 42.5 Å². The molecule has 53 heavy (non-hydrogen) atoms. The van der Waals surface area contributed by atoms with E-state index < -0.39 is 80.1 Å². The maximum atomic E-state index is 14.2. The normalized spacial score (nSPS) is 28.4. The van der Waals surface area contributed by atoms with Crippen molar-refractivity contribution in [2.45, 2.75) is 68.1 Å². The maximum Gasteiger partial charge on any atom is 0.242 e. The number of aliphatic hydroxyl groups excluding tert-OH is 5. The SMILES string of the molecule is NC1NC(=O)C2NCN(c3ccccc3Cc3cc4c(c(OCC(O)CC=O)c3OC3OC(CO)C(O)C(O)C3O)C(=O)c3ccccc3C4=O)C2N1. The molecule has 9 unspecified atom stereocenters. The standard InChI is InChI=1S/C36H39N5O12/c37-36-39-33-25(34(50)40-36)38-15-41(33)22-8-4-1-5-16(22)11-17-12-21-24(27(46)20-7-3-2-6-19(20)26(21)45)32(51-14-18(44)9-10-42)31(17)53-35-30(49)29(48)28(47)23(13-43)52-35/h1-8,10,12,18,23,25,28-30,33,35-36,38-39,43-44,47-49H,9,11,13-15,37H2,(H,40,50). The lowest BCUT2D eigenvalue weighted by molar-refractivity contribution is -0.277. The number of nitrogens with zero attached hydrogens (tertiary/aromatic N) is 1. The molecule has 0 saturated carbocycles. The number of ether oxygens (including phenoxy) is 3. The molecule has 1 aliphatic carbocycles. The fourth-order valence-corrected chi connectivity index (χ4v) is 7.15. The first-order valence-electron chi connectivity index (χ1n) is 17.0. The number of ketones is 2. The summed E-state index contributed by atoms with van der Waals surface area (Å²) in [5.74, 6) is -1.90. The average Bonchev–Trinajstić information content (AvgIpc) is 3.58. The van der Waals surface area contributed by atoms with Crippen LogP contribution in [0.25, 0.3) is 0 Å². The van der Waals surface area contributed by atoms with Crippen molar-refractivity contribution < 1.29 is 58.9 Å². The van der Waals surface area contributed by atoms with Gasteiger partial charge in [0.1, 0.15) is 55.8 Å². The number of aliphatic hydroxyl groups is 5. The van der Waals surface area contributed by atoms with Crippen LogP contribution in [0, 0.1) is 0 Å². The van der Waals surface area contributed by atoms with Crippen molar-refractivity contribution in [2.24, 2.45) is 5.73 Å². The smallest absolute Gasteiger partial charge is 0.242 e. The number of nitrogens with one attached hydrogen (secondary N) is 3. The number of anilines is 1. The van der Waals surface area contributed by atoms with Crippen LogP contribution in [-0.2, 0) is 20.7 Å². The zero-order valence-corrected chi connectivity index (χ0v) is 28.1. The summed E-state index contributed by atoms with van der Waals surface area (Å²) >= 11 is 0. The Morgan fingerprint density at radius 3 is 2.40 bits per heavy atom. The highest BCUT2D eigenvalue weighted by Crippen LogP contribution is 2.45. The Balaban J connectivity index is 1.38.